The number of carbonyl (C=O) groups excluding carboxylic acids is 3. The zero-order valence-electron chi connectivity index (χ0n) is 18.3. The summed E-state index contributed by atoms with van der Waals surface area (Å²) >= 11 is 0. The van der Waals surface area contributed by atoms with Crippen molar-refractivity contribution in [3.63, 3.8) is 0 Å². The van der Waals surface area contributed by atoms with E-state index in [1.807, 2.05) is 18.2 Å². The first-order valence-electron chi connectivity index (χ1n) is 11.2. The van der Waals surface area contributed by atoms with Gasteiger partial charge in [-0.15, -0.1) is 0 Å². The fraction of sp³-hybridized carbons (Fsp3) is 0.375. The largest absolute Gasteiger partial charge is 0.454 e. The highest BCUT2D eigenvalue weighted by Gasteiger charge is 2.34. The van der Waals surface area contributed by atoms with Crippen LogP contribution in [0.5, 0.6) is 11.5 Å². The first kappa shape index (κ1) is 21.3. The Morgan fingerprint density at radius 3 is 2.33 bits per heavy atom. The summed E-state index contributed by atoms with van der Waals surface area (Å²) in [4.78, 5) is 42.7. The van der Waals surface area contributed by atoms with Crippen molar-refractivity contribution >= 4 is 17.8 Å². The molecular weight excluding hydrogens is 424 g/mol. The summed E-state index contributed by atoms with van der Waals surface area (Å²) in [6, 6.07) is 12.7. The molecule has 1 N–H and O–H groups in total. The molecule has 172 valence electrons. The Hall–Kier alpha value is -3.59. The van der Waals surface area contributed by atoms with Crippen LogP contribution >= 0.6 is 0 Å². The molecule has 0 saturated carbocycles. The van der Waals surface area contributed by atoms with E-state index in [2.05, 4.69) is 10.2 Å². The molecule has 0 atom stereocenters. The first-order chi connectivity index (χ1) is 16.1. The minimum absolute atomic E-state index is 0.111. The number of hydrogen-bond donors (Lipinski definition) is 1. The summed E-state index contributed by atoms with van der Waals surface area (Å²) in [5.41, 5.74) is 2.06. The zero-order valence-corrected chi connectivity index (χ0v) is 18.3. The number of imide groups is 1. The van der Waals surface area contributed by atoms with Gasteiger partial charge in [-0.1, -0.05) is 18.2 Å². The van der Waals surface area contributed by atoms with E-state index < -0.39 is 0 Å². The number of hydrogen-bond acceptors (Lipinski definition) is 6. The van der Waals surface area contributed by atoms with E-state index in [9.17, 15) is 14.4 Å². The summed E-state index contributed by atoms with van der Waals surface area (Å²) in [6.07, 6.45) is 0.515. The Kier molecular flexibility index (Phi) is 5.87. The van der Waals surface area contributed by atoms with Gasteiger partial charge in [0.2, 0.25) is 6.79 Å². The van der Waals surface area contributed by atoms with E-state index in [0.29, 0.717) is 37.2 Å². The lowest BCUT2D eigenvalue weighted by Crippen LogP contribution is -2.51. The number of rotatable bonds is 6. The Labute approximate surface area is 191 Å². The molecule has 1 saturated heterocycles. The van der Waals surface area contributed by atoms with Crippen molar-refractivity contribution in [2.45, 2.75) is 13.0 Å². The van der Waals surface area contributed by atoms with E-state index in [4.69, 9.17) is 9.47 Å². The molecule has 0 radical (unpaired) electrons. The third-order valence-electron chi connectivity index (χ3n) is 6.22. The molecule has 3 heterocycles. The quantitative estimate of drug-likeness (QED) is 0.534. The number of ether oxygens (including phenoxy) is 2. The van der Waals surface area contributed by atoms with Crippen LogP contribution in [-0.4, -0.2) is 78.6 Å². The van der Waals surface area contributed by atoms with Gasteiger partial charge in [0, 0.05) is 45.8 Å². The summed E-state index contributed by atoms with van der Waals surface area (Å²) in [7, 11) is 0. The van der Waals surface area contributed by atoms with Crippen LogP contribution in [0.25, 0.3) is 0 Å². The maximum atomic E-state index is 12.5. The fourth-order valence-electron chi connectivity index (χ4n) is 4.39. The van der Waals surface area contributed by atoms with Crippen LogP contribution in [0.3, 0.4) is 0 Å². The number of amides is 4. The zero-order chi connectivity index (χ0) is 22.8. The molecular formula is C24H26N4O5. The molecule has 5 rings (SSSR count). The standard InChI is InChI=1S/C24H26N4O5/c29-22-18-4-1-2-5-19(18)23(30)28(22)9-3-8-25-24(31)27-12-10-26(11-13-27)15-17-6-7-20-21(14-17)33-16-32-20/h1-2,4-7,14H,3,8-13,15-16H2,(H,25,31). The number of nitrogens with zero attached hydrogens (tertiary/aromatic N) is 3. The van der Waals surface area contributed by atoms with E-state index in [-0.39, 0.29) is 31.2 Å². The lowest BCUT2D eigenvalue weighted by molar-refractivity contribution is 0.0653. The predicted octanol–water partition coefficient (Wildman–Crippen LogP) is 1.93. The summed E-state index contributed by atoms with van der Waals surface area (Å²) in [5, 5.41) is 2.91. The second-order valence-corrected chi connectivity index (χ2v) is 8.34. The van der Waals surface area contributed by atoms with Crippen LogP contribution in [0.4, 0.5) is 4.79 Å². The second kappa shape index (κ2) is 9.11. The molecule has 4 amide bonds. The van der Waals surface area contributed by atoms with Crippen molar-refractivity contribution < 1.29 is 23.9 Å². The summed E-state index contributed by atoms with van der Waals surface area (Å²) in [5.74, 6) is 1.04. The molecule has 0 bridgehead atoms. The average Bonchev–Trinajstić information content (AvgIpc) is 3.40. The van der Waals surface area contributed by atoms with Gasteiger partial charge in [0.05, 0.1) is 11.1 Å². The Morgan fingerprint density at radius 1 is 0.909 bits per heavy atom. The average molecular weight is 450 g/mol. The van der Waals surface area contributed by atoms with Gasteiger partial charge in [0.1, 0.15) is 0 Å². The SMILES string of the molecule is O=C(NCCCN1C(=O)c2ccccc2C1=O)N1CCN(Cc2ccc3c(c2)OCO3)CC1. The van der Waals surface area contributed by atoms with Crippen molar-refractivity contribution in [3.05, 3.63) is 59.2 Å². The van der Waals surface area contributed by atoms with E-state index in [0.717, 1.165) is 36.7 Å². The maximum absolute atomic E-state index is 12.5. The number of carbonyl (C=O) groups is 3. The van der Waals surface area contributed by atoms with Crippen molar-refractivity contribution in [1.82, 2.24) is 20.0 Å². The molecule has 9 nitrogen and oxygen atoms in total. The van der Waals surface area contributed by atoms with Gasteiger partial charge in [-0.2, -0.15) is 0 Å². The molecule has 2 aromatic carbocycles. The summed E-state index contributed by atoms with van der Waals surface area (Å²) in [6.45, 7) is 4.63. The van der Waals surface area contributed by atoms with Crippen molar-refractivity contribution in [1.29, 1.82) is 0 Å². The Bertz CT molecular complexity index is 1050. The van der Waals surface area contributed by atoms with Crippen molar-refractivity contribution in [2.24, 2.45) is 0 Å². The van der Waals surface area contributed by atoms with Gasteiger partial charge in [-0.05, 0) is 36.2 Å². The summed E-state index contributed by atoms with van der Waals surface area (Å²) < 4.78 is 10.8. The topological polar surface area (TPSA) is 91.4 Å². The monoisotopic (exact) mass is 450 g/mol. The van der Waals surface area contributed by atoms with Gasteiger partial charge >= 0.3 is 6.03 Å². The van der Waals surface area contributed by atoms with Gasteiger partial charge in [-0.25, -0.2) is 4.79 Å². The highest BCUT2D eigenvalue weighted by Crippen LogP contribution is 2.32. The smallest absolute Gasteiger partial charge is 0.317 e. The van der Waals surface area contributed by atoms with E-state index >= 15 is 0 Å². The molecule has 2 aromatic rings. The normalized spacial score (nSPS) is 17.5. The van der Waals surface area contributed by atoms with Crippen LogP contribution in [0.1, 0.15) is 32.7 Å². The molecule has 3 aliphatic rings. The molecule has 0 aromatic heterocycles. The number of fused-ring (bicyclic) bond motifs is 2. The minimum atomic E-state index is -0.263. The third-order valence-corrected chi connectivity index (χ3v) is 6.22. The molecule has 3 aliphatic heterocycles. The Balaban J connectivity index is 1.03. The highest BCUT2D eigenvalue weighted by molar-refractivity contribution is 6.21. The number of piperazine rings is 1. The van der Waals surface area contributed by atoms with Crippen LogP contribution in [0.2, 0.25) is 0 Å². The van der Waals surface area contributed by atoms with Crippen LogP contribution in [-0.2, 0) is 6.54 Å². The lowest BCUT2D eigenvalue weighted by Gasteiger charge is -2.34. The lowest BCUT2D eigenvalue weighted by atomic mass is 10.1. The highest BCUT2D eigenvalue weighted by atomic mass is 16.7. The van der Waals surface area contributed by atoms with Gasteiger partial charge < -0.3 is 19.7 Å². The third kappa shape index (κ3) is 4.36. The van der Waals surface area contributed by atoms with Crippen molar-refractivity contribution in [3.8, 4) is 11.5 Å². The number of benzene rings is 2. The Morgan fingerprint density at radius 2 is 1.61 bits per heavy atom. The van der Waals surface area contributed by atoms with E-state index in [1.54, 1.807) is 29.2 Å². The van der Waals surface area contributed by atoms with Crippen LogP contribution in [0, 0.1) is 0 Å². The maximum Gasteiger partial charge on any atom is 0.317 e. The van der Waals surface area contributed by atoms with Crippen LogP contribution < -0.4 is 14.8 Å². The minimum Gasteiger partial charge on any atom is -0.454 e. The van der Waals surface area contributed by atoms with Crippen molar-refractivity contribution in [2.75, 3.05) is 46.1 Å². The van der Waals surface area contributed by atoms with Gasteiger partial charge in [0.15, 0.2) is 11.5 Å². The van der Waals surface area contributed by atoms with E-state index in [1.165, 1.54) is 4.90 Å². The van der Waals surface area contributed by atoms with Crippen LogP contribution in [0.15, 0.2) is 42.5 Å². The predicted molar refractivity (Wildman–Crippen MR) is 119 cm³/mol. The first-order valence-corrected chi connectivity index (χ1v) is 11.2. The second-order valence-electron chi connectivity index (χ2n) is 8.34. The number of urea groups is 1. The molecule has 0 aliphatic carbocycles. The molecule has 33 heavy (non-hydrogen) atoms. The molecule has 1 fully saturated rings. The molecule has 0 spiro atoms. The fourth-order valence-corrected chi connectivity index (χ4v) is 4.39. The van der Waals surface area contributed by atoms with Gasteiger partial charge in [-0.3, -0.25) is 19.4 Å². The number of nitrogens with one attached hydrogen (secondary N) is 1. The van der Waals surface area contributed by atoms with Gasteiger partial charge in [0.25, 0.3) is 11.8 Å². The molecule has 0 unspecified atom stereocenters. The molecule has 9 heteroatoms.